The Kier molecular flexibility index (Phi) is 5.09. The average Bonchev–Trinajstić information content (AvgIpc) is 2.84. The Morgan fingerprint density at radius 1 is 1.47 bits per heavy atom. The first-order valence-electron chi connectivity index (χ1n) is 6.52. The van der Waals surface area contributed by atoms with Crippen LogP contribution in [0.25, 0.3) is 0 Å². The van der Waals surface area contributed by atoms with Crippen LogP contribution < -0.4 is 16.0 Å². The Hall–Kier alpha value is -1.21. The number of fused-ring (bicyclic) bond motifs is 1. The van der Waals surface area contributed by atoms with Gasteiger partial charge in [0.2, 0.25) is 0 Å². The Morgan fingerprint density at radius 2 is 2.32 bits per heavy atom. The quantitative estimate of drug-likeness (QED) is 0.653. The predicted molar refractivity (Wildman–Crippen MR) is 80.3 cm³/mol. The zero-order valence-electron chi connectivity index (χ0n) is 11.2. The van der Waals surface area contributed by atoms with Gasteiger partial charge in [-0.25, -0.2) is 9.97 Å². The van der Waals surface area contributed by atoms with Crippen molar-refractivity contribution >= 4 is 29.1 Å². The summed E-state index contributed by atoms with van der Waals surface area (Å²) in [6, 6.07) is 0. The molecule has 0 radical (unpaired) electrons. The van der Waals surface area contributed by atoms with Crippen LogP contribution in [0.4, 0.5) is 17.3 Å². The summed E-state index contributed by atoms with van der Waals surface area (Å²) in [5.41, 5.74) is 6.49. The zero-order valence-corrected chi connectivity index (χ0v) is 12.0. The van der Waals surface area contributed by atoms with E-state index in [-0.39, 0.29) is 0 Å². The lowest BCUT2D eigenvalue weighted by molar-refractivity contribution is 0.157. The van der Waals surface area contributed by atoms with Gasteiger partial charge in [-0.3, -0.25) is 0 Å². The molecule has 106 valence electrons. The van der Waals surface area contributed by atoms with Crippen LogP contribution in [0.2, 0.25) is 0 Å². The van der Waals surface area contributed by atoms with Crippen LogP contribution in [0.5, 0.6) is 0 Å². The van der Waals surface area contributed by atoms with Crippen molar-refractivity contribution in [3.05, 3.63) is 6.33 Å². The van der Waals surface area contributed by atoms with Crippen LogP contribution in [-0.2, 0) is 0 Å². The minimum atomic E-state index is -0.516. The minimum absolute atomic E-state index is 0.430. The number of aliphatic hydroxyl groups excluding tert-OH is 1. The molecule has 2 heterocycles. The van der Waals surface area contributed by atoms with Gasteiger partial charge in [-0.05, 0) is 31.3 Å². The molecule has 4 N–H and O–H groups in total. The number of aliphatic hydroxyl groups is 1. The van der Waals surface area contributed by atoms with Crippen LogP contribution in [0, 0.1) is 0 Å². The van der Waals surface area contributed by atoms with Crippen molar-refractivity contribution in [1.82, 2.24) is 9.97 Å². The fraction of sp³-hybridized carbons (Fsp3) is 0.667. The molecule has 1 aliphatic heterocycles. The summed E-state index contributed by atoms with van der Waals surface area (Å²) >= 11 is 1.86. The number of nitrogens with two attached hydrogens (primary N) is 1. The van der Waals surface area contributed by atoms with Gasteiger partial charge < -0.3 is 21.1 Å². The molecule has 6 nitrogen and oxygen atoms in total. The van der Waals surface area contributed by atoms with E-state index in [0.29, 0.717) is 18.3 Å². The third-order valence-corrected chi connectivity index (χ3v) is 3.92. The van der Waals surface area contributed by atoms with E-state index >= 15 is 0 Å². The van der Waals surface area contributed by atoms with Crippen molar-refractivity contribution in [2.45, 2.75) is 31.9 Å². The lowest BCUT2D eigenvalue weighted by Crippen LogP contribution is -2.35. The molecule has 0 amide bonds. The van der Waals surface area contributed by atoms with Gasteiger partial charge in [-0.15, -0.1) is 0 Å². The number of anilines is 3. The lowest BCUT2D eigenvalue weighted by Gasteiger charge is -2.23. The second-order valence-electron chi connectivity index (χ2n) is 4.58. The standard InChI is InChI=1S/C12H21N5OS/c1-19-6-4-2-3-5-9(18)17-8-16-10-11(13)14-7-15-12(10)17/h7,9,16,18H,2-6,8H2,1H3,(H2,13,14,15). The molecule has 1 unspecified atom stereocenters. The van der Waals surface area contributed by atoms with Crippen molar-refractivity contribution in [2.75, 3.05) is 34.6 Å². The number of unbranched alkanes of at least 4 members (excludes halogenated alkanes) is 2. The molecule has 0 aliphatic carbocycles. The Bertz CT molecular complexity index is 417. The topological polar surface area (TPSA) is 87.3 Å². The van der Waals surface area contributed by atoms with Gasteiger partial charge in [0.05, 0.1) is 6.67 Å². The third kappa shape index (κ3) is 3.42. The Morgan fingerprint density at radius 3 is 3.11 bits per heavy atom. The number of aromatic nitrogens is 2. The molecule has 0 bridgehead atoms. The van der Waals surface area contributed by atoms with Crippen LogP contribution in [0.3, 0.4) is 0 Å². The van der Waals surface area contributed by atoms with Gasteiger partial charge in [-0.2, -0.15) is 11.8 Å². The van der Waals surface area contributed by atoms with Crippen molar-refractivity contribution in [1.29, 1.82) is 0 Å². The second-order valence-corrected chi connectivity index (χ2v) is 5.57. The maximum absolute atomic E-state index is 10.2. The van der Waals surface area contributed by atoms with E-state index in [1.54, 1.807) is 0 Å². The van der Waals surface area contributed by atoms with Crippen molar-refractivity contribution in [3.8, 4) is 0 Å². The summed E-state index contributed by atoms with van der Waals surface area (Å²) in [6.07, 6.45) is 7.16. The van der Waals surface area contributed by atoms with E-state index in [1.807, 2.05) is 16.7 Å². The van der Waals surface area contributed by atoms with E-state index in [1.165, 1.54) is 18.5 Å². The highest BCUT2D eigenvalue weighted by atomic mass is 32.2. The largest absolute Gasteiger partial charge is 0.382 e. The first kappa shape index (κ1) is 14.2. The van der Waals surface area contributed by atoms with E-state index in [9.17, 15) is 5.11 Å². The van der Waals surface area contributed by atoms with E-state index in [0.717, 1.165) is 24.9 Å². The van der Waals surface area contributed by atoms with Crippen LogP contribution in [0.15, 0.2) is 6.33 Å². The molecule has 0 spiro atoms. The molecule has 0 saturated heterocycles. The molecular weight excluding hydrogens is 262 g/mol. The van der Waals surface area contributed by atoms with Gasteiger partial charge in [0.15, 0.2) is 11.6 Å². The molecule has 2 rings (SSSR count). The van der Waals surface area contributed by atoms with Crippen LogP contribution >= 0.6 is 11.8 Å². The molecule has 19 heavy (non-hydrogen) atoms. The molecule has 7 heteroatoms. The predicted octanol–water partition coefficient (Wildman–Crippen LogP) is 1.49. The number of hydrogen-bond donors (Lipinski definition) is 3. The fourth-order valence-electron chi connectivity index (χ4n) is 2.17. The maximum atomic E-state index is 10.2. The minimum Gasteiger partial charge on any atom is -0.382 e. The van der Waals surface area contributed by atoms with Gasteiger partial charge in [0, 0.05) is 0 Å². The highest BCUT2D eigenvalue weighted by Gasteiger charge is 2.27. The molecule has 1 aromatic heterocycles. The van der Waals surface area contributed by atoms with Crippen molar-refractivity contribution in [2.24, 2.45) is 0 Å². The molecule has 1 aliphatic rings. The first-order chi connectivity index (χ1) is 9.24. The van der Waals surface area contributed by atoms with Gasteiger partial charge in [0.1, 0.15) is 18.2 Å². The number of rotatable bonds is 7. The van der Waals surface area contributed by atoms with Crippen LogP contribution in [0.1, 0.15) is 25.7 Å². The van der Waals surface area contributed by atoms with Crippen molar-refractivity contribution in [3.63, 3.8) is 0 Å². The summed E-state index contributed by atoms with van der Waals surface area (Å²) in [6.45, 7) is 0.532. The van der Waals surface area contributed by atoms with Gasteiger partial charge in [0.25, 0.3) is 0 Å². The second kappa shape index (κ2) is 6.81. The van der Waals surface area contributed by atoms with Crippen molar-refractivity contribution < 1.29 is 5.11 Å². The number of hydrogen-bond acceptors (Lipinski definition) is 7. The average molecular weight is 283 g/mol. The number of nitrogens with zero attached hydrogens (tertiary/aromatic N) is 3. The van der Waals surface area contributed by atoms with Crippen LogP contribution in [-0.4, -0.2) is 40.0 Å². The number of nitrogens with one attached hydrogen (secondary N) is 1. The molecule has 0 aromatic carbocycles. The Labute approximate surface area is 117 Å². The monoisotopic (exact) mass is 283 g/mol. The van der Waals surface area contributed by atoms with Gasteiger partial charge >= 0.3 is 0 Å². The summed E-state index contributed by atoms with van der Waals surface area (Å²) in [7, 11) is 0. The molecule has 1 aromatic rings. The zero-order chi connectivity index (χ0) is 13.7. The fourth-order valence-corrected chi connectivity index (χ4v) is 2.66. The van der Waals surface area contributed by atoms with E-state index in [2.05, 4.69) is 21.5 Å². The van der Waals surface area contributed by atoms with Gasteiger partial charge in [-0.1, -0.05) is 6.42 Å². The highest BCUT2D eigenvalue weighted by Crippen LogP contribution is 2.33. The molecule has 0 fully saturated rings. The Balaban J connectivity index is 1.85. The molecule has 0 saturated carbocycles. The van der Waals surface area contributed by atoms with E-state index < -0.39 is 6.23 Å². The third-order valence-electron chi connectivity index (χ3n) is 3.23. The summed E-state index contributed by atoms with van der Waals surface area (Å²) in [4.78, 5) is 9.96. The number of thioether (sulfide) groups is 1. The highest BCUT2D eigenvalue weighted by molar-refractivity contribution is 7.98. The normalized spacial score (nSPS) is 15.2. The number of nitrogen functional groups attached to an aromatic ring is 1. The van der Waals surface area contributed by atoms with E-state index in [4.69, 9.17) is 5.73 Å². The SMILES string of the molecule is CSCCCCCC(O)N1CNc2c(N)ncnc21. The lowest BCUT2D eigenvalue weighted by atomic mass is 10.2. The smallest absolute Gasteiger partial charge is 0.161 e. The summed E-state index contributed by atoms with van der Waals surface area (Å²) in [5, 5.41) is 13.3. The summed E-state index contributed by atoms with van der Waals surface area (Å²) in [5.74, 6) is 2.32. The molecule has 1 atom stereocenters. The molecular formula is C12H21N5OS. The summed E-state index contributed by atoms with van der Waals surface area (Å²) < 4.78 is 0. The first-order valence-corrected chi connectivity index (χ1v) is 7.91. The maximum Gasteiger partial charge on any atom is 0.161 e.